The van der Waals surface area contributed by atoms with Crippen LogP contribution in [0.2, 0.25) is 0 Å². The zero-order chi connectivity index (χ0) is 28.6. The standard InChI is InChI=1S/C32H39N3O6/c36-29-11-9-25(32(39)34-29)7-5-24-6-8-26-18-23(4-10-28(26)31(24)38)21-33-30(37)20-22-2-1-3-27(19-22)41-17-14-35-12-15-40-16-13-35/h1-4,10,18-19,24-25H,5-9,11-17,20-21H2,(H,33,37)(H,34,36,39). The molecule has 0 saturated carbocycles. The number of nitrogens with zero attached hydrogens (tertiary/aromatic N) is 1. The van der Waals surface area contributed by atoms with Crippen molar-refractivity contribution in [3.8, 4) is 5.75 Å². The SMILES string of the molecule is O=C(Cc1cccc(OCCN2CCOCC2)c1)NCc1ccc2c(c1)CCC(CCC1CCC(=O)NC1=O)C2=O. The molecule has 2 heterocycles. The van der Waals surface area contributed by atoms with Crippen LogP contribution < -0.4 is 15.4 Å². The number of fused-ring (bicyclic) bond motifs is 1. The molecule has 41 heavy (non-hydrogen) atoms. The Labute approximate surface area is 241 Å². The fraction of sp³-hybridized carbons (Fsp3) is 0.500. The molecule has 3 amide bonds. The lowest BCUT2D eigenvalue weighted by molar-refractivity contribution is -0.136. The molecule has 2 saturated heterocycles. The van der Waals surface area contributed by atoms with Crippen molar-refractivity contribution in [2.24, 2.45) is 11.8 Å². The molecule has 2 fully saturated rings. The number of ether oxygens (including phenoxy) is 2. The highest BCUT2D eigenvalue weighted by Crippen LogP contribution is 2.31. The van der Waals surface area contributed by atoms with E-state index in [4.69, 9.17) is 9.47 Å². The van der Waals surface area contributed by atoms with Crippen LogP contribution >= 0.6 is 0 Å². The molecule has 1 aliphatic carbocycles. The van der Waals surface area contributed by atoms with Crippen LogP contribution in [0.15, 0.2) is 42.5 Å². The average Bonchev–Trinajstić information content (AvgIpc) is 2.97. The van der Waals surface area contributed by atoms with Gasteiger partial charge in [-0.2, -0.15) is 0 Å². The number of rotatable bonds is 11. The summed E-state index contributed by atoms with van der Waals surface area (Å²) in [6, 6.07) is 13.5. The summed E-state index contributed by atoms with van der Waals surface area (Å²) in [5, 5.41) is 5.40. The Bertz CT molecular complexity index is 1270. The second kappa shape index (κ2) is 13.9. The lowest BCUT2D eigenvalue weighted by Gasteiger charge is -2.26. The van der Waals surface area contributed by atoms with Gasteiger partial charge in [-0.15, -0.1) is 0 Å². The number of hydrogen-bond acceptors (Lipinski definition) is 7. The topological polar surface area (TPSA) is 114 Å². The minimum absolute atomic E-state index is 0.0715. The second-order valence-corrected chi connectivity index (χ2v) is 11.2. The predicted molar refractivity (Wildman–Crippen MR) is 152 cm³/mol. The number of ketones is 1. The molecule has 0 spiro atoms. The Morgan fingerprint density at radius 2 is 1.78 bits per heavy atom. The first-order valence-electron chi connectivity index (χ1n) is 14.7. The molecular formula is C32H39N3O6. The Kier molecular flexibility index (Phi) is 9.80. The van der Waals surface area contributed by atoms with E-state index in [1.807, 2.05) is 42.5 Å². The van der Waals surface area contributed by atoms with E-state index >= 15 is 0 Å². The van der Waals surface area contributed by atoms with Crippen molar-refractivity contribution in [3.63, 3.8) is 0 Å². The van der Waals surface area contributed by atoms with Crippen molar-refractivity contribution in [1.82, 2.24) is 15.5 Å². The normalized spacial score (nSPS) is 21.2. The Morgan fingerprint density at radius 1 is 0.976 bits per heavy atom. The Hall–Kier alpha value is -3.56. The molecule has 218 valence electrons. The highest BCUT2D eigenvalue weighted by molar-refractivity contribution is 6.00. The molecule has 0 radical (unpaired) electrons. The zero-order valence-electron chi connectivity index (χ0n) is 23.5. The van der Waals surface area contributed by atoms with Gasteiger partial charge in [-0.3, -0.25) is 29.4 Å². The number of carbonyl (C=O) groups is 4. The molecule has 3 aliphatic rings. The molecule has 5 rings (SSSR count). The van der Waals surface area contributed by atoms with Gasteiger partial charge in [0.15, 0.2) is 5.78 Å². The smallest absolute Gasteiger partial charge is 0.229 e. The van der Waals surface area contributed by atoms with Crippen LogP contribution in [0, 0.1) is 11.8 Å². The molecule has 0 bridgehead atoms. The second-order valence-electron chi connectivity index (χ2n) is 11.2. The molecule has 2 unspecified atom stereocenters. The fourth-order valence-electron chi connectivity index (χ4n) is 5.89. The number of hydrogen-bond donors (Lipinski definition) is 2. The largest absolute Gasteiger partial charge is 0.492 e. The molecule has 9 heteroatoms. The number of benzene rings is 2. The maximum Gasteiger partial charge on any atom is 0.229 e. The van der Waals surface area contributed by atoms with Gasteiger partial charge >= 0.3 is 0 Å². The van der Waals surface area contributed by atoms with Gasteiger partial charge in [0, 0.05) is 50.0 Å². The van der Waals surface area contributed by atoms with Crippen LogP contribution in [-0.2, 0) is 38.5 Å². The number of imide groups is 1. The van der Waals surface area contributed by atoms with Crippen molar-refractivity contribution < 1.29 is 28.7 Å². The van der Waals surface area contributed by atoms with Crippen molar-refractivity contribution in [2.75, 3.05) is 39.5 Å². The van der Waals surface area contributed by atoms with E-state index in [1.54, 1.807) is 0 Å². The first-order valence-corrected chi connectivity index (χ1v) is 14.7. The summed E-state index contributed by atoms with van der Waals surface area (Å²) in [5.74, 6) is 0.102. The Morgan fingerprint density at radius 3 is 2.61 bits per heavy atom. The first-order chi connectivity index (χ1) is 19.9. The van der Waals surface area contributed by atoms with Crippen LogP contribution in [0.3, 0.4) is 0 Å². The molecule has 2 aromatic rings. The number of Topliss-reactive ketones (excluding diaryl/α,β-unsaturated/α-hetero) is 1. The molecule has 2 aliphatic heterocycles. The van der Waals surface area contributed by atoms with E-state index < -0.39 is 0 Å². The maximum atomic E-state index is 13.1. The minimum Gasteiger partial charge on any atom is -0.492 e. The van der Waals surface area contributed by atoms with Crippen LogP contribution in [0.4, 0.5) is 0 Å². The molecule has 9 nitrogen and oxygen atoms in total. The van der Waals surface area contributed by atoms with Gasteiger partial charge < -0.3 is 14.8 Å². The lowest BCUT2D eigenvalue weighted by atomic mass is 9.78. The molecule has 2 N–H and O–H groups in total. The van der Waals surface area contributed by atoms with Crippen LogP contribution in [0.25, 0.3) is 0 Å². The number of carbonyl (C=O) groups excluding carboxylic acids is 4. The van der Waals surface area contributed by atoms with E-state index in [-0.39, 0.29) is 41.8 Å². The molecular weight excluding hydrogens is 522 g/mol. The zero-order valence-corrected chi connectivity index (χ0v) is 23.5. The van der Waals surface area contributed by atoms with E-state index in [2.05, 4.69) is 15.5 Å². The third-order valence-corrected chi connectivity index (χ3v) is 8.32. The van der Waals surface area contributed by atoms with Gasteiger partial charge in [0.1, 0.15) is 12.4 Å². The van der Waals surface area contributed by atoms with Crippen LogP contribution in [0.1, 0.15) is 59.2 Å². The molecule has 0 aromatic heterocycles. The first kappa shape index (κ1) is 29.0. The van der Waals surface area contributed by atoms with Crippen LogP contribution in [-0.4, -0.2) is 67.9 Å². The van der Waals surface area contributed by atoms with Crippen molar-refractivity contribution in [2.45, 2.75) is 51.5 Å². The summed E-state index contributed by atoms with van der Waals surface area (Å²) < 4.78 is 11.3. The van der Waals surface area contributed by atoms with Crippen molar-refractivity contribution in [1.29, 1.82) is 0 Å². The number of amides is 3. The monoisotopic (exact) mass is 561 g/mol. The number of piperidine rings is 1. The summed E-state index contributed by atoms with van der Waals surface area (Å²) in [5.41, 5.74) is 3.61. The van der Waals surface area contributed by atoms with Gasteiger partial charge in [-0.05, 0) is 60.9 Å². The summed E-state index contributed by atoms with van der Waals surface area (Å²) in [6.07, 6.45) is 4.01. The lowest BCUT2D eigenvalue weighted by Crippen LogP contribution is -2.41. The van der Waals surface area contributed by atoms with Gasteiger partial charge in [-0.1, -0.05) is 30.3 Å². The Balaban J connectivity index is 1.06. The summed E-state index contributed by atoms with van der Waals surface area (Å²) >= 11 is 0. The van der Waals surface area contributed by atoms with Gasteiger partial charge in [0.2, 0.25) is 17.7 Å². The number of aryl methyl sites for hydroxylation is 1. The summed E-state index contributed by atoms with van der Waals surface area (Å²) in [4.78, 5) is 51.6. The number of morpholine rings is 1. The molecule has 2 aromatic carbocycles. The predicted octanol–water partition coefficient (Wildman–Crippen LogP) is 2.83. The van der Waals surface area contributed by atoms with E-state index in [9.17, 15) is 19.2 Å². The summed E-state index contributed by atoms with van der Waals surface area (Å²) in [6.45, 7) is 5.23. The minimum atomic E-state index is -0.213. The van der Waals surface area contributed by atoms with E-state index in [1.165, 1.54) is 0 Å². The third-order valence-electron chi connectivity index (χ3n) is 8.32. The average molecular weight is 562 g/mol. The van der Waals surface area contributed by atoms with E-state index in [0.29, 0.717) is 38.8 Å². The molecule has 2 atom stereocenters. The van der Waals surface area contributed by atoms with Gasteiger partial charge in [-0.25, -0.2) is 0 Å². The van der Waals surface area contributed by atoms with Gasteiger partial charge in [0.05, 0.1) is 19.6 Å². The van der Waals surface area contributed by atoms with Crippen molar-refractivity contribution in [3.05, 3.63) is 64.7 Å². The van der Waals surface area contributed by atoms with Crippen molar-refractivity contribution >= 4 is 23.5 Å². The highest BCUT2D eigenvalue weighted by Gasteiger charge is 2.31. The summed E-state index contributed by atoms with van der Waals surface area (Å²) in [7, 11) is 0. The highest BCUT2D eigenvalue weighted by atomic mass is 16.5. The van der Waals surface area contributed by atoms with Gasteiger partial charge in [0.25, 0.3) is 0 Å². The third kappa shape index (κ3) is 8.01. The van der Waals surface area contributed by atoms with E-state index in [0.717, 1.165) is 73.7 Å². The fourth-order valence-corrected chi connectivity index (χ4v) is 5.89. The van der Waals surface area contributed by atoms with Crippen LogP contribution in [0.5, 0.6) is 5.75 Å². The quantitative estimate of drug-likeness (QED) is 0.406. The maximum absolute atomic E-state index is 13.1. The number of nitrogens with one attached hydrogen (secondary N) is 2.